The maximum Gasteiger partial charge on any atom is 0.263 e. The number of fused-ring (bicyclic) bond motifs is 1. The Kier molecular flexibility index (Phi) is 4.31. The summed E-state index contributed by atoms with van der Waals surface area (Å²) in [4.78, 5) is 18.0. The van der Waals surface area contributed by atoms with Crippen molar-refractivity contribution < 1.29 is 17.9 Å². The normalized spacial score (nSPS) is 22.9. The lowest BCUT2D eigenvalue weighted by Gasteiger charge is -2.35. The lowest BCUT2D eigenvalue weighted by Crippen LogP contribution is -2.54. The number of anilines is 1. The van der Waals surface area contributed by atoms with E-state index in [4.69, 9.17) is 4.74 Å². The summed E-state index contributed by atoms with van der Waals surface area (Å²) in [5, 5.41) is 4.50. The summed E-state index contributed by atoms with van der Waals surface area (Å²) in [5.41, 5.74) is 0.129. The first-order valence-corrected chi connectivity index (χ1v) is 9.40. The largest absolute Gasteiger partial charge is 0.379 e. The van der Waals surface area contributed by atoms with Gasteiger partial charge in [-0.1, -0.05) is 30.3 Å². The molecule has 134 valence electrons. The lowest BCUT2D eigenvalue weighted by atomic mass is 9.80. The number of hydrogen-bond acceptors (Lipinski definition) is 6. The molecule has 7 nitrogen and oxygen atoms in total. The lowest BCUT2D eigenvalue weighted by molar-refractivity contribution is -0.124. The highest BCUT2D eigenvalue weighted by atomic mass is 32.2. The Labute approximate surface area is 152 Å². The van der Waals surface area contributed by atoms with E-state index in [0.29, 0.717) is 43.2 Å². The van der Waals surface area contributed by atoms with E-state index in [9.17, 15) is 13.2 Å². The zero-order chi connectivity index (χ0) is 18.1. The van der Waals surface area contributed by atoms with Crippen LogP contribution in [-0.4, -0.2) is 56.0 Å². The van der Waals surface area contributed by atoms with Crippen LogP contribution in [0, 0.1) is 0 Å². The number of amides is 1. The molecule has 0 N–H and O–H groups in total. The minimum Gasteiger partial charge on any atom is -0.379 e. The van der Waals surface area contributed by atoms with Crippen molar-refractivity contribution in [2.45, 2.75) is 5.41 Å². The molecule has 1 aromatic carbocycles. The Morgan fingerprint density at radius 2 is 1.81 bits per heavy atom. The Balaban J connectivity index is 1.97. The van der Waals surface area contributed by atoms with Crippen LogP contribution in [0.1, 0.15) is 11.3 Å². The first-order chi connectivity index (χ1) is 12.6. The molecule has 1 aromatic heterocycles. The number of carbonyl (C=O) groups is 1. The van der Waals surface area contributed by atoms with Crippen molar-refractivity contribution in [2.75, 3.05) is 31.3 Å². The van der Waals surface area contributed by atoms with Crippen LogP contribution in [0.25, 0.3) is 0 Å². The quantitative estimate of drug-likeness (QED) is 0.737. The molecule has 3 heterocycles. The molecule has 4 rings (SSSR count). The van der Waals surface area contributed by atoms with Crippen LogP contribution in [0.4, 0.5) is 5.69 Å². The number of nitrogens with zero attached hydrogens (tertiary/aromatic N) is 3. The molecule has 0 spiro atoms. The summed E-state index contributed by atoms with van der Waals surface area (Å²) in [6.07, 6.45) is 1.58. The van der Waals surface area contributed by atoms with Gasteiger partial charge < -0.3 is 4.74 Å². The standard InChI is InChI=1S/C18H17N3O4S/c22-17-18(13-26(23)24,14-5-2-1-3-6-14)16-15(7-4-8-19-16)21(17)20-9-11-25-12-10-20/h1-8,13H,9-12H2. The number of morpholine rings is 1. The molecule has 0 saturated carbocycles. The van der Waals surface area contributed by atoms with Gasteiger partial charge in [0.15, 0.2) is 5.41 Å². The van der Waals surface area contributed by atoms with E-state index >= 15 is 0 Å². The van der Waals surface area contributed by atoms with Gasteiger partial charge in [0.2, 0.25) is 10.3 Å². The average Bonchev–Trinajstić information content (AvgIpc) is 2.92. The average molecular weight is 371 g/mol. The topological polar surface area (TPSA) is 79.8 Å². The molecule has 2 aromatic rings. The van der Waals surface area contributed by atoms with Gasteiger partial charge in [-0.3, -0.25) is 9.78 Å². The number of ether oxygens (including phenoxy) is 1. The smallest absolute Gasteiger partial charge is 0.263 e. The van der Waals surface area contributed by atoms with Crippen molar-refractivity contribution in [3.05, 3.63) is 59.9 Å². The summed E-state index contributed by atoms with van der Waals surface area (Å²) in [7, 11) is -2.55. The van der Waals surface area contributed by atoms with Crippen molar-refractivity contribution >= 4 is 27.3 Å². The third kappa shape index (κ3) is 2.54. The monoisotopic (exact) mass is 371 g/mol. The van der Waals surface area contributed by atoms with Crippen LogP contribution in [-0.2, 0) is 25.2 Å². The molecule has 1 saturated heterocycles. The Hall–Kier alpha value is -2.55. The van der Waals surface area contributed by atoms with Crippen LogP contribution in [0.15, 0.2) is 48.7 Å². The highest BCUT2D eigenvalue weighted by Gasteiger charge is 2.54. The Morgan fingerprint density at radius 1 is 1.08 bits per heavy atom. The number of pyridine rings is 1. The van der Waals surface area contributed by atoms with Crippen LogP contribution in [0.5, 0.6) is 0 Å². The fraction of sp³-hybridized carbons (Fsp3) is 0.278. The van der Waals surface area contributed by atoms with Gasteiger partial charge in [0.1, 0.15) is 0 Å². The molecule has 1 atom stereocenters. The third-order valence-corrected chi connectivity index (χ3v) is 5.24. The van der Waals surface area contributed by atoms with Gasteiger partial charge >= 0.3 is 0 Å². The van der Waals surface area contributed by atoms with E-state index in [1.165, 1.54) is 0 Å². The number of aromatic nitrogens is 1. The number of hydrazine groups is 1. The second-order valence-corrected chi connectivity index (χ2v) is 6.86. The third-order valence-electron chi connectivity index (χ3n) is 4.69. The Bertz CT molecular complexity index is 963. The molecule has 26 heavy (non-hydrogen) atoms. The van der Waals surface area contributed by atoms with Gasteiger partial charge in [0.25, 0.3) is 5.91 Å². The molecule has 2 aliphatic rings. The van der Waals surface area contributed by atoms with E-state index in [0.717, 1.165) is 5.37 Å². The molecule has 1 unspecified atom stereocenters. The number of rotatable bonds is 3. The van der Waals surface area contributed by atoms with Crippen molar-refractivity contribution in [1.82, 2.24) is 9.99 Å². The van der Waals surface area contributed by atoms with E-state index < -0.39 is 15.7 Å². The first kappa shape index (κ1) is 16.9. The zero-order valence-corrected chi connectivity index (χ0v) is 14.7. The second-order valence-electron chi connectivity index (χ2n) is 6.11. The zero-order valence-electron chi connectivity index (χ0n) is 13.9. The van der Waals surface area contributed by atoms with Gasteiger partial charge in [-0.05, 0) is 17.7 Å². The molecular formula is C18H17N3O4S. The Morgan fingerprint density at radius 3 is 2.50 bits per heavy atom. The fourth-order valence-electron chi connectivity index (χ4n) is 3.56. The minimum absolute atomic E-state index is 0.344. The SMILES string of the molecule is O=C1N(N2CCOCC2)c2cccnc2C1(C=S(=O)=O)c1ccccc1. The van der Waals surface area contributed by atoms with Crippen molar-refractivity contribution in [1.29, 1.82) is 0 Å². The molecule has 0 radical (unpaired) electrons. The highest BCUT2D eigenvalue weighted by molar-refractivity contribution is 7.71. The second kappa shape index (κ2) is 6.64. The highest BCUT2D eigenvalue weighted by Crippen LogP contribution is 2.44. The molecule has 0 aliphatic carbocycles. The van der Waals surface area contributed by atoms with E-state index in [1.54, 1.807) is 47.6 Å². The van der Waals surface area contributed by atoms with Gasteiger partial charge in [-0.15, -0.1) is 0 Å². The predicted molar refractivity (Wildman–Crippen MR) is 96.3 cm³/mol. The maximum atomic E-state index is 13.6. The van der Waals surface area contributed by atoms with Crippen LogP contribution < -0.4 is 5.01 Å². The van der Waals surface area contributed by atoms with Gasteiger partial charge in [0, 0.05) is 19.3 Å². The van der Waals surface area contributed by atoms with E-state index in [2.05, 4.69) is 4.98 Å². The number of carbonyl (C=O) groups excluding carboxylic acids is 1. The van der Waals surface area contributed by atoms with E-state index in [1.807, 2.05) is 11.1 Å². The van der Waals surface area contributed by atoms with Crippen molar-refractivity contribution in [3.63, 3.8) is 0 Å². The molecule has 1 amide bonds. The van der Waals surface area contributed by atoms with Crippen molar-refractivity contribution in [3.8, 4) is 0 Å². The maximum absolute atomic E-state index is 13.6. The summed E-state index contributed by atoms with van der Waals surface area (Å²) in [6, 6.07) is 12.4. The van der Waals surface area contributed by atoms with Crippen LogP contribution in [0.3, 0.4) is 0 Å². The predicted octanol–water partition coefficient (Wildman–Crippen LogP) is 0.643. The number of hydrogen-bond donors (Lipinski definition) is 0. The first-order valence-electron chi connectivity index (χ1n) is 8.27. The summed E-state index contributed by atoms with van der Waals surface area (Å²) in [6.45, 7) is 2.11. The van der Waals surface area contributed by atoms with Crippen LogP contribution in [0.2, 0.25) is 0 Å². The fourth-order valence-corrected chi connectivity index (χ4v) is 4.20. The molecule has 2 aliphatic heterocycles. The van der Waals surface area contributed by atoms with Crippen LogP contribution >= 0.6 is 0 Å². The van der Waals surface area contributed by atoms with Gasteiger partial charge in [-0.2, -0.15) is 8.42 Å². The molecule has 0 bridgehead atoms. The summed E-state index contributed by atoms with van der Waals surface area (Å²) in [5.74, 6) is -0.344. The van der Waals surface area contributed by atoms with Gasteiger partial charge in [0.05, 0.1) is 30.0 Å². The van der Waals surface area contributed by atoms with Crippen molar-refractivity contribution in [2.24, 2.45) is 0 Å². The summed E-state index contributed by atoms with van der Waals surface area (Å²) < 4.78 is 28.8. The molecular weight excluding hydrogens is 354 g/mol. The minimum atomic E-state index is -2.55. The number of benzene rings is 1. The van der Waals surface area contributed by atoms with E-state index in [-0.39, 0.29) is 5.91 Å². The molecule has 1 fully saturated rings. The van der Waals surface area contributed by atoms with Gasteiger partial charge in [-0.25, -0.2) is 10.0 Å². The summed E-state index contributed by atoms with van der Waals surface area (Å²) >= 11 is 0. The molecule has 8 heteroatoms.